The minimum Gasteiger partial charge on any atom is -0.368 e. The van der Waals surface area contributed by atoms with Crippen LogP contribution in [0.3, 0.4) is 0 Å². The van der Waals surface area contributed by atoms with Crippen LogP contribution in [0.5, 0.6) is 0 Å². The first kappa shape index (κ1) is 28.1. The number of H-pyrrole nitrogens is 1. The zero-order valence-corrected chi connectivity index (χ0v) is 23.6. The molecule has 0 saturated carbocycles. The minimum absolute atomic E-state index is 0.0707. The second-order valence-electron chi connectivity index (χ2n) is 9.92. The first-order chi connectivity index (χ1) is 19.9. The van der Waals surface area contributed by atoms with Crippen molar-refractivity contribution in [3.63, 3.8) is 0 Å². The van der Waals surface area contributed by atoms with Gasteiger partial charge in [0.2, 0.25) is 11.8 Å². The molecular formula is C30H32ClN7O3. The van der Waals surface area contributed by atoms with Gasteiger partial charge >= 0.3 is 0 Å². The number of aryl methyl sites for hydroxylation is 1. The van der Waals surface area contributed by atoms with E-state index in [1.807, 2.05) is 59.5 Å². The van der Waals surface area contributed by atoms with Gasteiger partial charge in [0.1, 0.15) is 17.2 Å². The maximum atomic E-state index is 13.5. The molecule has 3 heterocycles. The number of halogens is 1. The largest absolute Gasteiger partial charge is 0.368 e. The molecule has 3 amide bonds. The average Bonchev–Trinajstić information content (AvgIpc) is 3.43. The third-order valence-electron chi connectivity index (χ3n) is 6.98. The standard InChI is InChI=1S/C30H32ClN7O3/c1-20(39)32-12-13-33-28-24-19-25(34-29(24)36-27(35-28)22-7-3-2-4-8-22)30(41)38-16-14-37(15-17-38)26(40)11-10-21-6-5-9-23(31)18-21/h2-9,18-19H,10-17H2,1H3,(H,32,39)(H2,33,34,35,36). The van der Waals surface area contributed by atoms with Crippen LogP contribution >= 0.6 is 11.6 Å². The maximum Gasteiger partial charge on any atom is 0.270 e. The van der Waals surface area contributed by atoms with Gasteiger partial charge in [-0.3, -0.25) is 14.4 Å². The Morgan fingerprint density at radius 3 is 2.41 bits per heavy atom. The summed E-state index contributed by atoms with van der Waals surface area (Å²) in [5, 5.41) is 7.37. The van der Waals surface area contributed by atoms with Gasteiger partial charge in [0.15, 0.2) is 5.82 Å². The van der Waals surface area contributed by atoms with E-state index >= 15 is 0 Å². The molecule has 2 aromatic carbocycles. The fraction of sp³-hybridized carbons (Fsp3) is 0.300. The fourth-order valence-corrected chi connectivity index (χ4v) is 5.04. The molecule has 2 aromatic heterocycles. The lowest BCUT2D eigenvalue weighted by Crippen LogP contribution is -2.50. The lowest BCUT2D eigenvalue weighted by Gasteiger charge is -2.34. The maximum absolute atomic E-state index is 13.5. The SMILES string of the molecule is CC(=O)NCCNc1nc(-c2ccccc2)nc2[nH]c(C(=O)N3CCN(C(=O)CCc4cccc(Cl)c4)CC3)cc12. The predicted molar refractivity (Wildman–Crippen MR) is 159 cm³/mol. The van der Waals surface area contributed by atoms with Gasteiger partial charge < -0.3 is 25.4 Å². The number of hydrogen-bond acceptors (Lipinski definition) is 6. The first-order valence-corrected chi connectivity index (χ1v) is 14.0. The van der Waals surface area contributed by atoms with Crippen molar-refractivity contribution in [1.82, 2.24) is 30.1 Å². The Bertz CT molecular complexity index is 1550. The summed E-state index contributed by atoms with van der Waals surface area (Å²) in [6, 6.07) is 18.9. The van der Waals surface area contributed by atoms with Gasteiger partial charge in [0, 0.05) is 63.2 Å². The third kappa shape index (κ3) is 7.01. The molecule has 0 atom stereocenters. The molecule has 0 aliphatic carbocycles. The van der Waals surface area contributed by atoms with E-state index in [9.17, 15) is 14.4 Å². The molecule has 0 radical (unpaired) electrons. The number of anilines is 1. The number of aromatic nitrogens is 3. The van der Waals surface area contributed by atoms with Gasteiger partial charge in [-0.1, -0.05) is 54.1 Å². The fourth-order valence-electron chi connectivity index (χ4n) is 4.83. The van der Waals surface area contributed by atoms with Crippen LogP contribution in [0.2, 0.25) is 5.02 Å². The van der Waals surface area contributed by atoms with Gasteiger partial charge in [0.25, 0.3) is 5.91 Å². The zero-order chi connectivity index (χ0) is 28.8. The lowest BCUT2D eigenvalue weighted by molar-refractivity contribution is -0.132. The zero-order valence-electron chi connectivity index (χ0n) is 22.8. The summed E-state index contributed by atoms with van der Waals surface area (Å²) in [6.07, 6.45) is 1.03. The van der Waals surface area contributed by atoms with Crippen LogP contribution in [0.25, 0.3) is 22.4 Å². The van der Waals surface area contributed by atoms with Gasteiger partial charge in [-0.05, 0) is 30.2 Å². The Morgan fingerprint density at radius 2 is 1.68 bits per heavy atom. The monoisotopic (exact) mass is 573 g/mol. The Kier molecular flexibility index (Phi) is 8.79. The summed E-state index contributed by atoms with van der Waals surface area (Å²) >= 11 is 6.05. The molecule has 11 heteroatoms. The molecule has 1 aliphatic heterocycles. The van der Waals surface area contributed by atoms with Gasteiger partial charge in [-0.25, -0.2) is 9.97 Å². The Morgan fingerprint density at radius 1 is 0.927 bits per heavy atom. The minimum atomic E-state index is -0.153. The highest BCUT2D eigenvalue weighted by atomic mass is 35.5. The summed E-state index contributed by atoms with van der Waals surface area (Å²) < 4.78 is 0. The van der Waals surface area contributed by atoms with E-state index in [1.165, 1.54) is 6.92 Å². The molecule has 1 aliphatic rings. The molecule has 41 heavy (non-hydrogen) atoms. The molecule has 0 bridgehead atoms. The second kappa shape index (κ2) is 12.8. The van der Waals surface area contributed by atoms with Crippen molar-refractivity contribution in [2.45, 2.75) is 19.8 Å². The molecule has 5 rings (SSSR count). The van der Waals surface area contributed by atoms with Crippen LogP contribution in [-0.2, 0) is 16.0 Å². The number of aromatic amines is 1. The summed E-state index contributed by atoms with van der Waals surface area (Å²) in [5.74, 6) is 0.901. The summed E-state index contributed by atoms with van der Waals surface area (Å²) in [7, 11) is 0. The third-order valence-corrected chi connectivity index (χ3v) is 7.21. The highest BCUT2D eigenvalue weighted by Crippen LogP contribution is 2.26. The number of carbonyl (C=O) groups is 3. The van der Waals surface area contributed by atoms with E-state index in [1.54, 1.807) is 11.0 Å². The Balaban J connectivity index is 1.26. The number of piperazine rings is 1. The van der Waals surface area contributed by atoms with Crippen LogP contribution in [0, 0.1) is 0 Å². The summed E-state index contributed by atoms with van der Waals surface area (Å²) in [5.41, 5.74) is 2.82. The van der Waals surface area contributed by atoms with Crippen molar-refractivity contribution >= 4 is 46.2 Å². The topological polar surface area (TPSA) is 123 Å². The average molecular weight is 574 g/mol. The number of carbonyl (C=O) groups excluding carboxylic acids is 3. The van der Waals surface area contributed by atoms with Crippen molar-refractivity contribution < 1.29 is 14.4 Å². The van der Waals surface area contributed by atoms with E-state index in [0.717, 1.165) is 11.1 Å². The highest BCUT2D eigenvalue weighted by molar-refractivity contribution is 6.30. The normalized spacial score (nSPS) is 13.3. The van der Waals surface area contributed by atoms with Crippen molar-refractivity contribution in [2.75, 3.05) is 44.6 Å². The van der Waals surface area contributed by atoms with E-state index in [0.29, 0.717) is 85.5 Å². The van der Waals surface area contributed by atoms with Crippen molar-refractivity contribution in [3.05, 3.63) is 76.9 Å². The summed E-state index contributed by atoms with van der Waals surface area (Å²) in [4.78, 5) is 53.7. The van der Waals surface area contributed by atoms with Crippen LogP contribution < -0.4 is 10.6 Å². The molecule has 10 nitrogen and oxygen atoms in total. The van der Waals surface area contributed by atoms with Crippen LogP contribution in [-0.4, -0.2) is 81.7 Å². The van der Waals surface area contributed by atoms with Gasteiger partial charge in [0.05, 0.1) is 5.39 Å². The number of hydrogen-bond donors (Lipinski definition) is 3. The predicted octanol–water partition coefficient (Wildman–Crippen LogP) is 3.74. The highest BCUT2D eigenvalue weighted by Gasteiger charge is 2.26. The molecule has 4 aromatic rings. The lowest BCUT2D eigenvalue weighted by atomic mass is 10.1. The van der Waals surface area contributed by atoms with E-state index in [-0.39, 0.29) is 17.7 Å². The van der Waals surface area contributed by atoms with E-state index in [4.69, 9.17) is 16.6 Å². The molecule has 3 N–H and O–H groups in total. The molecule has 0 spiro atoms. The van der Waals surface area contributed by atoms with Gasteiger partial charge in [-0.15, -0.1) is 0 Å². The number of amides is 3. The first-order valence-electron chi connectivity index (χ1n) is 13.6. The Hall–Kier alpha value is -4.44. The molecule has 1 saturated heterocycles. The van der Waals surface area contributed by atoms with E-state index < -0.39 is 0 Å². The number of rotatable bonds is 9. The van der Waals surface area contributed by atoms with Crippen LogP contribution in [0.4, 0.5) is 5.82 Å². The smallest absolute Gasteiger partial charge is 0.270 e. The number of nitrogens with one attached hydrogen (secondary N) is 3. The Labute approximate surface area is 243 Å². The second-order valence-corrected chi connectivity index (χ2v) is 10.4. The van der Waals surface area contributed by atoms with Gasteiger partial charge in [-0.2, -0.15) is 0 Å². The number of benzene rings is 2. The molecule has 0 unspecified atom stereocenters. The van der Waals surface area contributed by atoms with Crippen molar-refractivity contribution in [1.29, 1.82) is 0 Å². The molecule has 1 fully saturated rings. The molecular weight excluding hydrogens is 542 g/mol. The molecule has 212 valence electrons. The van der Waals surface area contributed by atoms with Crippen LogP contribution in [0.15, 0.2) is 60.7 Å². The quantitative estimate of drug-likeness (QED) is 0.262. The number of fused-ring (bicyclic) bond motifs is 1. The van der Waals surface area contributed by atoms with Crippen molar-refractivity contribution in [2.24, 2.45) is 0 Å². The number of nitrogens with zero attached hydrogens (tertiary/aromatic N) is 4. The summed E-state index contributed by atoms with van der Waals surface area (Å²) in [6.45, 7) is 4.21. The van der Waals surface area contributed by atoms with E-state index in [2.05, 4.69) is 20.6 Å². The van der Waals surface area contributed by atoms with Crippen LogP contribution in [0.1, 0.15) is 29.4 Å². The van der Waals surface area contributed by atoms with Crippen molar-refractivity contribution in [3.8, 4) is 11.4 Å².